The van der Waals surface area contributed by atoms with Gasteiger partial charge in [-0.15, -0.1) is 0 Å². The van der Waals surface area contributed by atoms with Crippen molar-refractivity contribution >= 4 is 39.9 Å². The van der Waals surface area contributed by atoms with Gasteiger partial charge in [0.1, 0.15) is 5.75 Å². The van der Waals surface area contributed by atoms with E-state index in [1.54, 1.807) is 19.2 Å². The Morgan fingerprint density at radius 1 is 1.15 bits per heavy atom. The molecule has 0 atom stereocenters. The Morgan fingerprint density at radius 2 is 1.95 bits per heavy atom. The molecule has 20 heavy (non-hydrogen) atoms. The quantitative estimate of drug-likeness (QED) is 0.644. The Hall–Kier alpha value is -1.76. The highest BCUT2D eigenvalue weighted by molar-refractivity contribution is 14.1. The minimum atomic E-state index is -0.337. The molecule has 0 radical (unpaired) electrons. The van der Waals surface area contributed by atoms with Gasteiger partial charge < -0.3 is 14.8 Å². The van der Waals surface area contributed by atoms with Crippen LogP contribution in [0.3, 0.4) is 0 Å². The van der Waals surface area contributed by atoms with Crippen molar-refractivity contribution < 1.29 is 14.3 Å². The van der Waals surface area contributed by atoms with Crippen LogP contribution in [0.15, 0.2) is 42.5 Å². The zero-order valence-electron chi connectivity index (χ0n) is 11.1. The molecule has 0 aliphatic heterocycles. The van der Waals surface area contributed by atoms with Gasteiger partial charge in [0.25, 0.3) is 0 Å². The maximum atomic E-state index is 11.5. The molecule has 0 saturated carbocycles. The van der Waals surface area contributed by atoms with Crippen LogP contribution in [0.4, 0.5) is 11.4 Å². The number of nitrogens with one attached hydrogen (secondary N) is 1. The van der Waals surface area contributed by atoms with Gasteiger partial charge in [0, 0.05) is 15.3 Å². The smallest absolute Gasteiger partial charge is 0.337 e. The van der Waals surface area contributed by atoms with E-state index in [1.165, 1.54) is 7.11 Å². The van der Waals surface area contributed by atoms with E-state index in [1.807, 2.05) is 30.3 Å². The highest BCUT2D eigenvalue weighted by Crippen LogP contribution is 2.26. The molecule has 0 saturated heterocycles. The second-order valence-corrected chi connectivity index (χ2v) is 5.21. The Labute approximate surface area is 131 Å². The molecule has 4 nitrogen and oxygen atoms in total. The number of esters is 1. The highest BCUT2D eigenvalue weighted by Gasteiger charge is 2.08. The number of carbonyl (C=O) groups excluding carboxylic acids is 1. The van der Waals surface area contributed by atoms with E-state index in [0.717, 1.165) is 20.7 Å². The Kier molecular flexibility index (Phi) is 4.84. The van der Waals surface area contributed by atoms with E-state index in [2.05, 4.69) is 27.9 Å². The van der Waals surface area contributed by atoms with Crippen molar-refractivity contribution in [3.8, 4) is 5.75 Å². The minimum absolute atomic E-state index is 0.337. The molecule has 1 N–H and O–H groups in total. The normalized spacial score (nSPS) is 9.95. The van der Waals surface area contributed by atoms with Crippen LogP contribution in [0.5, 0.6) is 5.75 Å². The van der Waals surface area contributed by atoms with Gasteiger partial charge in [-0.2, -0.15) is 0 Å². The molecule has 2 rings (SSSR count). The van der Waals surface area contributed by atoms with E-state index in [-0.39, 0.29) is 5.97 Å². The third kappa shape index (κ3) is 3.41. The van der Waals surface area contributed by atoms with Gasteiger partial charge in [-0.25, -0.2) is 4.79 Å². The topological polar surface area (TPSA) is 47.6 Å². The SMILES string of the molecule is COC(=O)c1ccc(Nc2cccc(OC)c2)c(I)c1. The number of hydrogen-bond donors (Lipinski definition) is 1. The van der Waals surface area contributed by atoms with Crippen molar-refractivity contribution in [2.75, 3.05) is 19.5 Å². The number of rotatable bonds is 4. The van der Waals surface area contributed by atoms with Crippen LogP contribution in [0.1, 0.15) is 10.4 Å². The first-order chi connectivity index (χ1) is 9.63. The summed E-state index contributed by atoms with van der Waals surface area (Å²) in [5.74, 6) is 0.451. The summed E-state index contributed by atoms with van der Waals surface area (Å²) >= 11 is 2.18. The van der Waals surface area contributed by atoms with Crippen LogP contribution < -0.4 is 10.1 Å². The molecule has 0 unspecified atom stereocenters. The largest absolute Gasteiger partial charge is 0.497 e. The number of carbonyl (C=O) groups is 1. The maximum absolute atomic E-state index is 11.5. The molecule has 0 aliphatic carbocycles. The van der Waals surface area contributed by atoms with Crippen molar-refractivity contribution in [1.29, 1.82) is 0 Å². The van der Waals surface area contributed by atoms with E-state index in [0.29, 0.717) is 5.56 Å². The summed E-state index contributed by atoms with van der Waals surface area (Å²) in [7, 11) is 3.01. The zero-order valence-corrected chi connectivity index (χ0v) is 13.3. The van der Waals surface area contributed by atoms with Gasteiger partial charge in [0.05, 0.1) is 25.5 Å². The molecule has 5 heteroatoms. The van der Waals surface area contributed by atoms with Crippen LogP contribution in [0, 0.1) is 3.57 Å². The Balaban J connectivity index is 2.23. The number of ether oxygens (including phenoxy) is 2. The molecule has 0 aliphatic rings. The molecule has 0 fully saturated rings. The van der Waals surface area contributed by atoms with E-state index in [4.69, 9.17) is 9.47 Å². The fourth-order valence-electron chi connectivity index (χ4n) is 1.72. The number of anilines is 2. The average Bonchev–Trinajstić information content (AvgIpc) is 2.48. The van der Waals surface area contributed by atoms with Gasteiger partial charge in [0.15, 0.2) is 0 Å². The van der Waals surface area contributed by atoms with E-state index >= 15 is 0 Å². The summed E-state index contributed by atoms with van der Waals surface area (Å²) < 4.78 is 10.8. The first-order valence-corrected chi connectivity index (χ1v) is 7.01. The van der Waals surface area contributed by atoms with Gasteiger partial charge in [-0.05, 0) is 52.9 Å². The predicted molar refractivity (Wildman–Crippen MR) is 86.8 cm³/mol. The molecule has 2 aromatic carbocycles. The van der Waals surface area contributed by atoms with Gasteiger partial charge >= 0.3 is 5.97 Å². The number of benzene rings is 2. The fourth-order valence-corrected chi connectivity index (χ4v) is 2.37. The van der Waals surface area contributed by atoms with E-state index in [9.17, 15) is 4.79 Å². The monoisotopic (exact) mass is 383 g/mol. The number of hydrogen-bond acceptors (Lipinski definition) is 4. The number of methoxy groups -OCH3 is 2. The van der Waals surface area contributed by atoms with Gasteiger partial charge in [0.2, 0.25) is 0 Å². The summed E-state index contributed by atoms with van der Waals surface area (Å²) in [5, 5.41) is 3.29. The zero-order chi connectivity index (χ0) is 14.5. The van der Waals surface area contributed by atoms with Crippen molar-refractivity contribution in [2.45, 2.75) is 0 Å². The third-order valence-corrected chi connectivity index (χ3v) is 3.63. The Bertz CT molecular complexity index is 628. The summed E-state index contributed by atoms with van der Waals surface area (Å²) in [6.45, 7) is 0. The standard InChI is InChI=1S/C15H14INO3/c1-19-12-5-3-4-11(9-12)17-14-7-6-10(8-13(14)16)15(18)20-2/h3-9,17H,1-2H3. The average molecular weight is 383 g/mol. The van der Waals surface area contributed by atoms with E-state index < -0.39 is 0 Å². The second-order valence-electron chi connectivity index (χ2n) is 4.04. The summed E-state index contributed by atoms with van der Waals surface area (Å²) in [4.78, 5) is 11.5. The van der Waals surface area contributed by atoms with Crippen molar-refractivity contribution in [2.24, 2.45) is 0 Å². The lowest BCUT2D eigenvalue weighted by Crippen LogP contribution is -2.02. The molecular formula is C15H14INO3. The lowest BCUT2D eigenvalue weighted by molar-refractivity contribution is 0.0600. The van der Waals surface area contributed by atoms with Crippen LogP contribution in [0.2, 0.25) is 0 Å². The fraction of sp³-hybridized carbons (Fsp3) is 0.133. The van der Waals surface area contributed by atoms with Crippen molar-refractivity contribution in [1.82, 2.24) is 0 Å². The van der Waals surface area contributed by atoms with Crippen molar-refractivity contribution in [3.63, 3.8) is 0 Å². The lowest BCUT2D eigenvalue weighted by atomic mass is 10.2. The number of halogens is 1. The molecule has 104 valence electrons. The Morgan fingerprint density at radius 3 is 2.60 bits per heavy atom. The molecule has 0 amide bonds. The first kappa shape index (κ1) is 14.6. The van der Waals surface area contributed by atoms with Crippen molar-refractivity contribution in [3.05, 3.63) is 51.6 Å². The first-order valence-electron chi connectivity index (χ1n) is 5.93. The van der Waals surface area contributed by atoms with Gasteiger partial charge in [-0.1, -0.05) is 6.07 Å². The van der Waals surface area contributed by atoms with Gasteiger partial charge in [-0.3, -0.25) is 0 Å². The second kappa shape index (κ2) is 6.60. The predicted octanol–water partition coefficient (Wildman–Crippen LogP) is 3.83. The van der Waals surface area contributed by atoms with Crippen LogP contribution in [-0.4, -0.2) is 20.2 Å². The molecule has 0 bridgehead atoms. The summed E-state index contributed by atoms with van der Waals surface area (Å²) in [6.07, 6.45) is 0. The molecule has 2 aromatic rings. The highest BCUT2D eigenvalue weighted by atomic mass is 127. The lowest BCUT2D eigenvalue weighted by Gasteiger charge is -2.10. The molecule has 0 spiro atoms. The molecular weight excluding hydrogens is 369 g/mol. The van der Waals surface area contributed by atoms with Crippen LogP contribution in [0.25, 0.3) is 0 Å². The maximum Gasteiger partial charge on any atom is 0.337 e. The molecule has 0 aromatic heterocycles. The summed E-state index contributed by atoms with van der Waals surface area (Å²) in [5.41, 5.74) is 2.38. The van der Waals surface area contributed by atoms with Crippen LogP contribution in [-0.2, 0) is 4.74 Å². The van der Waals surface area contributed by atoms with Crippen LogP contribution >= 0.6 is 22.6 Å². The third-order valence-electron chi connectivity index (χ3n) is 2.74. The summed E-state index contributed by atoms with van der Waals surface area (Å²) in [6, 6.07) is 13.0. The minimum Gasteiger partial charge on any atom is -0.497 e. The molecule has 0 heterocycles.